The van der Waals surface area contributed by atoms with Gasteiger partial charge in [0.25, 0.3) is 0 Å². The van der Waals surface area contributed by atoms with E-state index in [1.807, 2.05) is 18.4 Å². The van der Waals surface area contributed by atoms with Crippen molar-refractivity contribution in [2.75, 3.05) is 31.6 Å². The SMILES string of the molecule is CN=C(NCC1(c2ccccc2C)CC1)NC1CCN(c2cccs2)CC1.I. The Hall–Kier alpha value is -1.28. The van der Waals surface area contributed by atoms with Crippen LogP contribution >= 0.6 is 35.3 Å². The van der Waals surface area contributed by atoms with Gasteiger partial charge in [0.2, 0.25) is 0 Å². The van der Waals surface area contributed by atoms with Crippen LogP contribution in [0.4, 0.5) is 5.00 Å². The highest BCUT2D eigenvalue weighted by Crippen LogP contribution is 2.48. The number of aryl methyl sites for hydroxylation is 1. The number of anilines is 1. The van der Waals surface area contributed by atoms with Crippen LogP contribution in [-0.4, -0.2) is 38.7 Å². The molecule has 1 saturated heterocycles. The van der Waals surface area contributed by atoms with Crippen LogP contribution in [0.5, 0.6) is 0 Å². The normalized spacial score (nSPS) is 19.1. The molecule has 1 saturated carbocycles. The maximum Gasteiger partial charge on any atom is 0.191 e. The zero-order valence-corrected chi connectivity index (χ0v) is 19.9. The number of halogens is 1. The van der Waals surface area contributed by atoms with Gasteiger partial charge in [-0.25, -0.2) is 0 Å². The van der Waals surface area contributed by atoms with Crippen molar-refractivity contribution in [3.05, 3.63) is 52.9 Å². The zero-order valence-electron chi connectivity index (χ0n) is 16.8. The summed E-state index contributed by atoms with van der Waals surface area (Å²) in [6, 6.07) is 13.7. The maximum atomic E-state index is 4.48. The zero-order chi connectivity index (χ0) is 18.7. The highest BCUT2D eigenvalue weighted by atomic mass is 127. The van der Waals surface area contributed by atoms with Gasteiger partial charge in [0, 0.05) is 38.1 Å². The standard InChI is InChI=1S/C22H30N4S.HI/c1-17-6-3-4-7-19(17)22(11-12-22)16-24-21(23-2)25-18-9-13-26(14-10-18)20-8-5-15-27-20;/h3-8,15,18H,9-14,16H2,1-2H3,(H2,23,24,25);1H. The summed E-state index contributed by atoms with van der Waals surface area (Å²) in [4.78, 5) is 6.98. The molecule has 2 heterocycles. The lowest BCUT2D eigenvalue weighted by molar-refractivity contribution is 0.461. The second-order valence-electron chi connectivity index (χ2n) is 7.88. The number of hydrogen-bond donors (Lipinski definition) is 2. The number of benzene rings is 1. The van der Waals surface area contributed by atoms with E-state index in [0.717, 1.165) is 38.4 Å². The number of hydrogen-bond acceptors (Lipinski definition) is 3. The van der Waals surface area contributed by atoms with Crippen LogP contribution in [0.2, 0.25) is 0 Å². The molecule has 1 aromatic heterocycles. The third kappa shape index (κ3) is 4.82. The molecule has 0 amide bonds. The summed E-state index contributed by atoms with van der Waals surface area (Å²) in [5.41, 5.74) is 3.20. The lowest BCUT2D eigenvalue weighted by Gasteiger charge is -2.33. The molecule has 2 aromatic rings. The minimum absolute atomic E-state index is 0. The Kier molecular flexibility index (Phi) is 7.25. The van der Waals surface area contributed by atoms with E-state index < -0.39 is 0 Å². The van der Waals surface area contributed by atoms with Crippen molar-refractivity contribution in [2.24, 2.45) is 4.99 Å². The number of rotatable bonds is 5. The molecule has 2 fully saturated rings. The Morgan fingerprint density at radius 2 is 1.93 bits per heavy atom. The molecule has 4 nitrogen and oxygen atoms in total. The van der Waals surface area contributed by atoms with Crippen molar-refractivity contribution in [1.29, 1.82) is 0 Å². The van der Waals surface area contributed by atoms with Gasteiger partial charge >= 0.3 is 0 Å². The van der Waals surface area contributed by atoms with Crippen LogP contribution in [0.25, 0.3) is 0 Å². The van der Waals surface area contributed by atoms with Crippen molar-refractivity contribution in [2.45, 2.75) is 44.1 Å². The number of nitrogens with zero attached hydrogens (tertiary/aromatic N) is 2. The molecule has 0 bridgehead atoms. The summed E-state index contributed by atoms with van der Waals surface area (Å²) in [6.45, 7) is 5.42. The largest absolute Gasteiger partial charge is 0.363 e. The second kappa shape index (κ2) is 9.48. The van der Waals surface area contributed by atoms with Gasteiger partial charge in [0.05, 0.1) is 5.00 Å². The monoisotopic (exact) mass is 510 g/mol. The smallest absolute Gasteiger partial charge is 0.191 e. The summed E-state index contributed by atoms with van der Waals surface area (Å²) in [6.07, 6.45) is 4.84. The van der Waals surface area contributed by atoms with Gasteiger partial charge < -0.3 is 15.5 Å². The molecule has 6 heteroatoms. The van der Waals surface area contributed by atoms with Gasteiger partial charge in [-0.3, -0.25) is 4.99 Å². The Labute approximate surface area is 189 Å². The molecule has 152 valence electrons. The molecular formula is C22H31IN4S. The average molecular weight is 510 g/mol. The maximum absolute atomic E-state index is 4.48. The molecule has 1 aliphatic carbocycles. The number of aliphatic imine (C=N–C) groups is 1. The topological polar surface area (TPSA) is 39.7 Å². The van der Waals surface area contributed by atoms with E-state index in [0.29, 0.717) is 11.5 Å². The molecular weight excluding hydrogens is 479 g/mol. The highest BCUT2D eigenvalue weighted by Gasteiger charge is 2.45. The van der Waals surface area contributed by atoms with E-state index in [4.69, 9.17) is 0 Å². The van der Waals surface area contributed by atoms with E-state index in [1.165, 1.54) is 29.0 Å². The lowest BCUT2D eigenvalue weighted by Crippen LogP contribution is -2.49. The highest BCUT2D eigenvalue weighted by molar-refractivity contribution is 14.0. The van der Waals surface area contributed by atoms with Crippen molar-refractivity contribution >= 4 is 46.3 Å². The van der Waals surface area contributed by atoms with Gasteiger partial charge in [0.15, 0.2) is 5.96 Å². The van der Waals surface area contributed by atoms with E-state index in [1.54, 1.807) is 0 Å². The molecule has 0 atom stereocenters. The van der Waals surface area contributed by atoms with Crippen LogP contribution in [0.15, 0.2) is 46.8 Å². The van der Waals surface area contributed by atoms with Gasteiger partial charge in [0.1, 0.15) is 0 Å². The van der Waals surface area contributed by atoms with Crippen molar-refractivity contribution < 1.29 is 0 Å². The molecule has 1 aliphatic heterocycles. The quantitative estimate of drug-likeness (QED) is 0.353. The summed E-state index contributed by atoms with van der Waals surface area (Å²) in [7, 11) is 1.88. The molecule has 0 spiro atoms. The fraction of sp³-hybridized carbons (Fsp3) is 0.500. The summed E-state index contributed by atoms with van der Waals surface area (Å²) >= 11 is 1.84. The Morgan fingerprint density at radius 3 is 2.54 bits per heavy atom. The molecule has 2 aliphatic rings. The van der Waals surface area contributed by atoms with Crippen LogP contribution in [-0.2, 0) is 5.41 Å². The first-order chi connectivity index (χ1) is 13.2. The molecule has 4 rings (SSSR count). The molecule has 28 heavy (non-hydrogen) atoms. The molecule has 0 radical (unpaired) electrons. The number of piperidine rings is 1. The molecule has 1 aromatic carbocycles. The van der Waals surface area contributed by atoms with Crippen LogP contribution in [0.3, 0.4) is 0 Å². The van der Waals surface area contributed by atoms with E-state index in [-0.39, 0.29) is 24.0 Å². The summed E-state index contributed by atoms with van der Waals surface area (Å²) < 4.78 is 0. The van der Waals surface area contributed by atoms with E-state index in [2.05, 4.69) is 69.2 Å². The summed E-state index contributed by atoms with van der Waals surface area (Å²) in [5, 5.41) is 10.8. The summed E-state index contributed by atoms with van der Waals surface area (Å²) in [5.74, 6) is 0.949. The van der Waals surface area contributed by atoms with Crippen molar-refractivity contribution in [3.63, 3.8) is 0 Å². The minimum atomic E-state index is 0. The van der Waals surface area contributed by atoms with Gasteiger partial charge in [-0.05, 0) is 61.2 Å². The Balaban J connectivity index is 0.00000225. The third-order valence-corrected chi connectivity index (χ3v) is 6.97. The lowest BCUT2D eigenvalue weighted by atomic mass is 9.92. The van der Waals surface area contributed by atoms with Crippen molar-refractivity contribution in [1.82, 2.24) is 10.6 Å². The third-order valence-electron chi connectivity index (χ3n) is 6.04. The van der Waals surface area contributed by atoms with Crippen LogP contribution < -0.4 is 15.5 Å². The van der Waals surface area contributed by atoms with Gasteiger partial charge in [-0.15, -0.1) is 35.3 Å². The van der Waals surface area contributed by atoms with Crippen molar-refractivity contribution in [3.8, 4) is 0 Å². The average Bonchev–Trinajstić information content (AvgIpc) is 3.28. The number of guanidine groups is 1. The predicted molar refractivity (Wildman–Crippen MR) is 132 cm³/mol. The Bertz CT molecular complexity index is 778. The fourth-order valence-corrected chi connectivity index (χ4v) is 4.98. The minimum Gasteiger partial charge on any atom is -0.363 e. The molecule has 0 unspecified atom stereocenters. The van der Waals surface area contributed by atoms with Crippen LogP contribution in [0, 0.1) is 6.92 Å². The Morgan fingerprint density at radius 1 is 1.18 bits per heavy atom. The number of nitrogens with one attached hydrogen (secondary N) is 2. The fourth-order valence-electron chi connectivity index (χ4n) is 4.20. The van der Waals surface area contributed by atoms with Gasteiger partial charge in [-0.1, -0.05) is 24.3 Å². The molecule has 2 N–H and O–H groups in total. The van der Waals surface area contributed by atoms with Gasteiger partial charge in [-0.2, -0.15) is 0 Å². The predicted octanol–water partition coefficient (Wildman–Crippen LogP) is 4.54. The number of thiophene rings is 1. The van der Waals surface area contributed by atoms with E-state index >= 15 is 0 Å². The first-order valence-corrected chi connectivity index (χ1v) is 10.9. The van der Waals surface area contributed by atoms with Crippen LogP contribution in [0.1, 0.15) is 36.8 Å². The van der Waals surface area contributed by atoms with E-state index in [9.17, 15) is 0 Å². The second-order valence-corrected chi connectivity index (χ2v) is 8.80. The first-order valence-electron chi connectivity index (χ1n) is 10.0. The first kappa shape index (κ1) is 21.4.